The van der Waals surface area contributed by atoms with Crippen molar-refractivity contribution < 1.29 is 13.5 Å². The molecule has 21 heavy (non-hydrogen) atoms. The quantitative estimate of drug-likeness (QED) is 0.901. The van der Waals surface area contributed by atoms with Gasteiger partial charge in [0.25, 0.3) is 0 Å². The lowest BCUT2D eigenvalue weighted by Gasteiger charge is -2.28. The third kappa shape index (κ3) is 4.02. The summed E-state index contributed by atoms with van der Waals surface area (Å²) in [7, 11) is 0. The Balaban J connectivity index is 2.23. The summed E-state index contributed by atoms with van der Waals surface area (Å²) in [4.78, 5) is 0. The van der Waals surface area contributed by atoms with E-state index in [0.29, 0.717) is 0 Å². The number of nitrogens with two attached hydrogens (primary N) is 1. The van der Waals surface area contributed by atoms with Crippen LogP contribution >= 0.6 is 0 Å². The minimum absolute atomic E-state index is 0.0894. The van der Waals surface area contributed by atoms with E-state index >= 15 is 0 Å². The van der Waals surface area contributed by atoms with Crippen LogP contribution in [0.25, 0.3) is 0 Å². The Labute approximate surface area is 123 Å². The number of ether oxygens (including phenoxy) is 1. The lowest BCUT2D eigenvalue weighted by Crippen LogP contribution is -2.35. The fourth-order valence-electron chi connectivity index (χ4n) is 2.24. The molecule has 2 N–H and O–H groups in total. The molecule has 2 aromatic rings. The van der Waals surface area contributed by atoms with Crippen LogP contribution in [0.2, 0.25) is 0 Å². The number of hydrogen-bond acceptors (Lipinski definition) is 2. The largest absolute Gasteiger partial charge is 0.488 e. The molecule has 2 atom stereocenters. The summed E-state index contributed by atoms with van der Waals surface area (Å²) >= 11 is 0. The van der Waals surface area contributed by atoms with Crippen molar-refractivity contribution >= 4 is 0 Å². The van der Waals surface area contributed by atoms with E-state index in [1.165, 1.54) is 0 Å². The third-order valence-electron chi connectivity index (χ3n) is 3.30. The maximum atomic E-state index is 13.3. The first-order valence-electron chi connectivity index (χ1n) is 6.90. The van der Waals surface area contributed by atoms with Gasteiger partial charge in [0.15, 0.2) is 0 Å². The van der Waals surface area contributed by atoms with Crippen LogP contribution in [0.15, 0.2) is 48.5 Å². The van der Waals surface area contributed by atoms with Crippen LogP contribution < -0.4 is 10.5 Å². The minimum Gasteiger partial charge on any atom is -0.488 e. The second kappa shape index (κ2) is 6.68. The fourth-order valence-corrected chi connectivity index (χ4v) is 2.24. The van der Waals surface area contributed by atoms with Crippen LogP contribution in [0.1, 0.15) is 25.5 Å². The summed E-state index contributed by atoms with van der Waals surface area (Å²) in [5.41, 5.74) is 7.18. The molecule has 0 aromatic heterocycles. The second-order valence-corrected chi connectivity index (χ2v) is 5.37. The van der Waals surface area contributed by atoms with E-state index in [2.05, 4.69) is 0 Å². The first-order valence-corrected chi connectivity index (χ1v) is 6.90. The van der Waals surface area contributed by atoms with Crippen molar-refractivity contribution in [1.82, 2.24) is 0 Å². The van der Waals surface area contributed by atoms with Crippen molar-refractivity contribution in [1.29, 1.82) is 0 Å². The van der Waals surface area contributed by atoms with Crippen LogP contribution in [0.5, 0.6) is 5.75 Å². The molecule has 0 spiro atoms. The standard InChI is InChI=1S/C17H19F2NO/c1-11(2)17(16(20)12-6-4-3-5-7-12)21-15-9-13(18)8-14(19)10-15/h3-11,16-17H,20H2,1-2H3. The van der Waals surface area contributed by atoms with Crippen LogP contribution in [-0.4, -0.2) is 6.10 Å². The molecule has 0 amide bonds. The van der Waals surface area contributed by atoms with Gasteiger partial charge in [0.2, 0.25) is 0 Å². The summed E-state index contributed by atoms with van der Waals surface area (Å²) in [6.45, 7) is 3.92. The lowest BCUT2D eigenvalue weighted by molar-refractivity contribution is 0.122. The van der Waals surface area contributed by atoms with Crippen molar-refractivity contribution in [3.05, 3.63) is 65.7 Å². The Bertz CT molecular complexity index is 566. The van der Waals surface area contributed by atoms with E-state index in [4.69, 9.17) is 10.5 Å². The first kappa shape index (κ1) is 15.4. The molecule has 0 aliphatic rings. The molecule has 0 fully saturated rings. The summed E-state index contributed by atoms with van der Waals surface area (Å²) in [5, 5.41) is 0. The van der Waals surface area contributed by atoms with Gasteiger partial charge in [-0.3, -0.25) is 0 Å². The van der Waals surface area contributed by atoms with Gasteiger partial charge in [-0.05, 0) is 11.5 Å². The summed E-state index contributed by atoms with van der Waals surface area (Å²) in [6.07, 6.45) is -0.381. The molecule has 0 saturated carbocycles. The van der Waals surface area contributed by atoms with Crippen LogP contribution in [0.3, 0.4) is 0 Å². The molecule has 0 radical (unpaired) electrons. The monoisotopic (exact) mass is 291 g/mol. The van der Waals surface area contributed by atoms with Crippen LogP contribution in [0.4, 0.5) is 8.78 Å². The zero-order chi connectivity index (χ0) is 15.4. The van der Waals surface area contributed by atoms with Gasteiger partial charge in [0.05, 0.1) is 6.04 Å². The Hall–Kier alpha value is -1.94. The highest BCUT2D eigenvalue weighted by atomic mass is 19.1. The van der Waals surface area contributed by atoms with Crippen molar-refractivity contribution in [2.75, 3.05) is 0 Å². The summed E-state index contributed by atoms with van der Waals surface area (Å²) in [5.74, 6) is -1.09. The summed E-state index contributed by atoms with van der Waals surface area (Å²) < 4.78 is 32.3. The van der Waals surface area contributed by atoms with E-state index in [-0.39, 0.29) is 23.8 Å². The van der Waals surface area contributed by atoms with Crippen molar-refractivity contribution in [3.63, 3.8) is 0 Å². The second-order valence-electron chi connectivity index (χ2n) is 5.37. The fraction of sp³-hybridized carbons (Fsp3) is 0.294. The molecule has 2 rings (SSSR count). The maximum absolute atomic E-state index is 13.3. The van der Waals surface area contributed by atoms with Gasteiger partial charge in [0, 0.05) is 18.2 Å². The van der Waals surface area contributed by atoms with Gasteiger partial charge in [-0.25, -0.2) is 8.78 Å². The summed E-state index contributed by atoms with van der Waals surface area (Å²) in [6, 6.07) is 12.3. The topological polar surface area (TPSA) is 35.2 Å². The number of rotatable bonds is 5. The Morgan fingerprint density at radius 2 is 1.52 bits per heavy atom. The van der Waals surface area contributed by atoms with Gasteiger partial charge in [-0.1, -0.05) is 44.2 Å². The molecule has 0 aliphatic heterocycles. The zero-order valence-corrected chi connectivity index (χ0v) is 12.1. The van der Waals surface area contributed by atoms with Crippen LogP contribution in [0, 0.1) is 17.6 Å². The van der Waals surface area contributed by atoms with Gasteiger partial charge < -0.3 is 10.5 Å². The average Bonchev–Trinajstić information content (AvgIpc) is 2.43. The van der Waals surface area contributed by atoms with Gasteiger partial charge in [-0.2, -0.15) is 0 Å². The van der Waals surface area contributed by atoms with E-state index in [1.807, 2.05) is 44.2 Å². The van der Waals surface area contributed by atoms with Crippen molar-refractivity contribution in [3.8, 4) is 5.75 Å². The maximum Gasteiger partial charge on any atom is 0.129 e. The highest BCUT2D eigenvalue weighted by Crippen LogP contribution is 2.26. The molecular formula is C17H19F2NO. The SMILES string of the molecule is CC(C)C(Oc1cc(F)cc(F)c1)C(N)c1ccccc1. The molecule has 4 heteroatoms. The normalized spacial score (nSPS) is 14.0. The Morgan fingerprint density at radius 3 is 2.05 bits per heavy atom. The highest BCUT2D eigenvalue weighted by molar-refractivity contribution is 5.26. The number of halogens is 2. The Morgan fingerprint density at radius 1 is 0.952 bits per heavy atom. The lowest BCUT2D eigenvalue weighted by atomic mass is 9.94. The van der Waals surface area contributed by atoms with Gasteiger partial charge in [-0.15, -0.1) is 0 Å². The van der Waals surface area contributed by atoms with E-state index in [0.717, 1.165) is 23.8 Å². The smallest absolute Gasteiger partial charge is 0.129 e. The van der Waals surface area contributed by atoms with Gasteiger partial charge in [0.1, 0.15) is 23.5 Å². The van der Waals surface area contributed by atoms with E-state index < -0.39 is 11.6 Å². The predicted molar refractivity (Wildman–Crippen MR) is 79.0 cm³/mol. The van der Waals surface area contributed by atoms with Gasteiger partial charge >= 0.3 is 0 Å². The molecular weight excluding hydrogens is 272 g/mol. The predicted octanol–water partition coefficient (Wildman–Crippen LogP) is 4.07. The Kier molecular flexibility index (Phi) is 4.91. The molecule has 2 nitrogen and oxygen atoms in total. The van der Waals surface area contributed by atoms with E-state index in [1.54, 1.807) is 0 Å². The first-order chi connectivity index (χ1) is 9.97. The molecule has 2 unspecified atom stereocenters. The molecule has 0 heterocycles. The van der Waals surface area contributed by atoms with Crippen LogP contribution in [-0.2, 0) is 0 Å². The molecule has 0 aliphatic carbocycles. The number of hydrogen-bond donors (Lipinski definition) is 1. The molecule has 112 valence electrons. The highest BCUT2D eigenvalue weighted by Gasteiger charge is 2.25. The molecule has 0 bridgehead atoms. The minimum atomic E-state index is -0.666. The molecule has 2 aromatic carbocycles. The van der Waals surface area contributed by atoms with E-state index in [9.17, 15) is 8.78 Å². The number of benzene rings is 2. The zero-order valence-electron chi connectivity index (χ0n) is 12.1. The van der Waals surface area contributed by atoms with Crippen molar-refractivity contribution in [2.45, 2.75) is 26.0 Å². The van der Waals surface area contributed by atoms with Crippen molar-refractivity contribution in [2.24, 2.45) is 11.7 Å². The average molecular weight is 291 g/mol. The third-order valence-corrected chi connectivity index (χ3v) is 3.30. The molecule has 0 saturated heterocycles.